The predicted octanol–water partition coefficient (Wildman–Crippen LogP) is 7.08. The van der Waals surface area contributed by atoms with E-state index in [4.69, 9.17) is 0 Å². The molecule has 5 heteroatoms. The maximum absolute atomic E-state index is 14.3. The third-order valence-electron chi connectivity index (χ3n) is 5.79. The highest BCUT2D eigenvalue weighted by atomic mass is 19.3. The molecule has 25 heavy (non-hydrogen) atoms. The number of alkyl halides is 2. The molecule has 2 aliphatic carbocycles. The van der Waals surface area contributed by atoms with Gasteiger partial charge in [0.2, 0.25) is 0 Å². The van der Waals surface area contributed by atoms with E-state index >= 15 is 0 Å². The fourth-order valence-electron chi connectivity index (χ4n) is 4.19. The number of hydrogen-bond acceptors (Lipinski definition) is 1. The third-order valence-corrected chi connectivity index (χ3v) is 5.79. The maximum Gasteiger partial charge on any atom is 0.400 e. The van der Waals surface area contributed by atoms with Crippen LogP contribution in [0, 0.1) is 23.7 Å². The minimum atomic E-state index is -3.42. The van der Waals surface area contributed by atoms with Crippen molar-refractivity contribution in [3.63, 3.8) is 0 Å². The highest BCUT2D eigenvalue weighted by Crippen LogP contribution is 2.45. The molecule has 0 heterocycles. The normalized spacial score (nSPS) is 31.5. The summed E-state index contributed by atoms with van der Waals surface area (Å²) >= 11 is 0. The fraction of sp³-hybridized carbons (Fsp3) is 0.700. The van der Waals surface area contributed by atoms with Gasteiger partial charge in [0, 0.05) is 6.08 Å². The number of hydrogen-bond donors (Lipinski definition) is 0. The average molecular weight is 360 g/mol. The Morgan fingerprint density at radius 1 is 0.920 bits per heavy atom. The van der Waals surface area contributed by atoms with Crippen LogP contribution >= 0.6 is 0 Å². The van der Waals surface area contributed by atoms with Crippen molar-refractivity contribution >= 4 is 0 Å². The summed E-state index contributed by atoms with van der Waals surface area (Å²) < 4.78 is 58.7. The third kappa shape index (κ3) is 5.61. The Bertz CT molecular complexity index is 510. The molecule has 0 aromatic heterocycles. The molecule has 0 bridgehead atoms. The predicted molar refractivity (Wildman–Crippen MR) is 91.2 cm³/mol. The summed E-state index contributed by atoms with van der Waals surface area (Å²) in [6.45, 7) is 8.26. The van der Waals surface area contributed by atoms with Crippen LogP contribution in [-0.2, 0) is 4.74 Å². The van der Waals surface area contributed by atoms with E-state index < -0.39 is 29.4 Å². The van der Waals surface area contributed by atoms with E-state index in [9.17, 15) is 17.6 Å². The highest BCUT2D eigenvalue weighted by Gasteiger charge is 2.45. The van der Waals surface area contributed by atoms with E-state index in [2.05, 4.69) is 24.8 Å². The first-order valence-corrected chi connectivity index (χ1v) is 9.16. The smallest absolute Gasteiger partial charge is 0.400 e. The summed E-state index contributed by atoms with van der Waals surface area (Å²) in [5.74, 6) is -2.22. The Kier molecular flexibility index (Phi) is 6.75. The second-order valence-electron chi connectivity index (χ2n) is 7.66. The molecule has 0 radical (unpaired) electrons. The zero-order chi connectivity index (χ0) is 18.6. The Hall–Kier alpha value is -1.26. The van der Waals surface area contributed by atoms with Gasteiger partial charge in [-0.2, -0.15) is 8.78 Å². The summed E-state index contributed by atoms with van der Waals surface area (Å²) in [5, 5.41) is 0. The number of halogens is 4. The summed E-state index contributed by atoms with van der Waals surface area (Å²) in [7, 11) is 0. The van der Waals surface area contributed by atoms with Gasteiger partial charge in [-0.05, 0) is 56.3 Å². The van der Waals surface area contributed by atoms with E-state index in [0.717, 1.165) is 18.8 Å². The lowest BCUT2D eigenvalue weighted by atomic mass is 9.69. The van der Waals surface area contributed by atoms with E-state index in [1.807, 2.05) is 0 Å². The molecule has 0 N–H and O–H groups in total. The largest absolute Gasteiger partial charge is 0.433 e. The lowest BCUT2D eigenvalue weighted by molar-refractivity contribution is -0.254. The van der Waals surface area contributed by atoms with Crippen LogP contribution in [-0.4, -0.2) is 6.11 Å². The molecule has 0 amide bonds. The molecule has 142 valence electrons. The average Bonchev–Trinajstić information content (AvgIpc) is 2.55. The van der Waals surface area contributed by atoms with Crippen molar-refractivity contribution in [2.24, 2.45) is 23.7 Å². The van der Waals surface area contributed by atoms with Gasteiger partial charge in [0.25, 0.3) is 0 Å². The summed E-state index contributed by atoms with van der Waals surface area (Å²) in [6.07, 6.45) is 4.31. The lowest BCUT2D eigenvalue weighted by Crippen LogP contribution is -2.35. The van der Waals surface area contributed by atoms with Crippen LogP contribution in [0.1, 0.15) is 58.3 Å². The molecule has 2 saturated carbocycles. The SMILES string of the molecule is C=C(/C=C(/F)C(=C)F)OC(F)(F)C1CCC(C2CCC(C)CC2)CC1. The molecule has 2 aliphatic rings. The molecule has 1 nitrogen and oxygen atoms in total. The van der Waals surface area contributed by atoms with E-state index in [-0.39, 0.29) is 0 Å². The van der Waals surface area contributed by atoms with Gasteiger partial charge in [0.15, 0.2) is 11.7 Å². The van der Waals surface area contributed by atoms with E-state index in [0.29, 0.717) is 30.8 Å². The topological polar surface area (TPSA) is 9.23 Å². The molecular formula is C20H28F4O. The molecule has 0 spiro atoms. The van der Waals surface area contributed by atoms with Gasteiger partial charge in [0.05, 0.1) is 5.92 Å². The molecule has 0 aliphatic heterocycles. The van der Waals surface area contributed by atoms with Crippen LogP contribution in [0.15, 0.2) is 36.6 Å². The van der Waals surface area contributed by atoms with Crippen LogP contribution in [0.25, 0.3) is 0 Å². The number of allylic oxidation sites excluding steroid dienone is 3. The van der Waals surface area contributed by atoms with Gasteiger partial charge in [0.1, 0.15) is 5.76 Å². The van der Waals surface area contributed by atoms with Crippen LogP contribution in [0.3, 0.4) is 0 Å². The van der Waals surface area contributed by atoms with Gasteiger partial charge in [-0.25, -0.2) is 8.78 Å². The van der Waals surface area contributed by atoms with Crippen molar-refractivity contribution in [2.45, 2.75) is 64.4 Å². The van der Waals surface area contributed by atoms with Crippen molar-refractivity contribution in [2.75, 3.05) is 0 Å². The lowest BCUT2D eigenvalue weighted by Gasteiger charge is -2.38. The molecule has 2 rings (SSSR count). The van der Waals surface area contributed by atoms with Crippen molar-refractivity contribution in [1.29, 1.82) is 0 Å². The Balaban J connectivity index is 1.85. The minimum Gasteiger partial charge on any atom is -0.433 e. The van der Waals surface area contributed by atoms with Crippen molar-refractivity contribution in [1.82, 2.24) is 0 Å². The first kappa shape index (κ1) is 20.1. The Morgan fingerprint density at radius 3 is 1.88 bits per heavy atom. The summed E-state index contributed by atoms with van der Waals surface area (Å²) in [6, 6.07) is 0. The van der Waals surface area contributed by atoms with Gasteiger partial charge in [-0.3, -0.25) is 0 Å². The number of ether oxygens (including phenoxy) is 1. The second-order valence-corrected chi connectivity index (χ2v) is 7.66. The monoisotopic (exact) mass is 360 g/mol. The summed E-state index contributed by atoms with van der Waals surface area (Å²) in [5.41, 5.74) is 0. The van der Waals surface area contributed by atoms with Gasteiger partial charge < -0.3 is 4.74 Å². The number of rotatable bonds is 6. The quantitative estimate of drug-likeness (QED) is 0.279. The maximum atomic E-state index is 14.3. The Labute approximate surface area is 147 Å². The molecular weight excluding hydrogens is 332 g/mol. The highest BCUT2D eigenvalue weighted by molar-refractivity contribution is 5.23. The van der Waals surface area contributed by atoms with Crippen LogP contribution < -0.4 is 0 Å². The molecule has 0 saturated heterocycles. The first-order valence-electron chi connectivity index (χ1n) is 9.16. The van der Waals surface area contributed by atoms with Crippen LogP contribution in [0.2, 0.25) is 0 Å². The fourth-order valence-corrected chi connectivity index (χ4v) is 4.19. The molecule has 0 unspecified atom stereocenters. The first-order chi connectivity index (χ1) is 11.7. The standard InChI is InChI=1S/C20H28F4O/c1-13-4-6-16(7-5-13)17-8-10-18(11-9-17)20(23,24)25-14(2)12-19(22)15(3)21/h12-13,16-18H,2-11H2,1H3/b19-12+. The van der Waals surface area contributed by atoms with Crippen molar-refractivity contribution in [3.05, 3.63) is 36.6 Å². The van der Waals surface area contributed by atoms with Gasteiger partial charge >= 0.3 is 6.11 Å². The van der Waals surface area contributed by atoms with Crippen molar-refractivity contribution < 1.29 is 22.3 Å². The van der Waals surface area contributed by atoms with Crippen LogP contribution in [0.5, 0.6) is 0 Å². The summed E-state index contributed by atoms with van der Waals surface area (Å²) in [4.78, 5) is 0. The van der Waals surface area contributed by atoms with Crippen LogP contribution in [0.4, 0.5) is 17.6 Å². The van der Waals surface area contributed by atoms with E-state index in [1.54, 1.807) is 0 Å². The minimum absolute atomic E-state index is 0.388. The van der Waals surface area contributed by atoms with Crippen molar-refractivity contribution in [3.8, 4) is 0 Å². The zero-order valence-electron chi connectivity index (χ0n) is 14.9. The molecule has 0 aromatic carbocycles. The molecule has 0 atom stereocenters. The second kappa shape index (κ2) is 8.41. The molecule has 2 fully saturated rings. The zero-order valence-corrected chi connectivity index (χ0v) is 14.9. The van der Waals surface area contributed by atoms with E-state index in [1.165, 1.54) is 25.7 Å². The molecule has 0 aromatic rings. The van der Waals surface area contributed by atoms with Gasteiger partial charge in [-0.1, -0.05) is 32.9 Å². The van der Waals surface area contributed by atoms with Gasteiger partial charge in [-0.15, -0.1) is 0 Å². The Morgan fingerprint density at radius 2 is 1.40 bits per heavy atom.